The van der Waals surface area contributed by atoms with E-state index in [9.17, 15) is 9.59 Å². The summed E-state index contributed by atoms with van der Waals surface area (Å²) in [5.41, 5.74) is -0.535. The first-order valence-corrected chi connectivity index (χ1v) is 8.58. The quantitative estimate of drug-likeness (QED) is 0.815. The van der Waals surface area contributed by atoms with E-state index in [1.54, 1.807) is 0 Å². The van der Waals surface area contributed by atoms with Gasteiger partial charge in [0.2, 0.25) is 5.91 Å². The normalized spacial score (nSPS) is 24.0. The first-order chi connectivity index (χ1) is 10.9. The fourth-order valence-corrected chi connectivity index (χ4v) is 3.50. The SMILES string of the molecule is CC(C)(C)OC(=O)NCC(=O)N1CCCC2CCCC[C@@H]21.CO. The maximum absolute atomic E-state index is 12.4. The van der Waals surface area contributed by atoms with E-state index in [1.165, 1.54) is 25.7 Å². The van der Waals surface area contributed by atoms with Crippen LogP contribution in [0.25, 0.3) is 0 Å². The predicted octanol–water partition coefficient (Wildman–Crippen LogP) is 2.30. The zero-order valence-electron chi connectivity index (χ0n) is 14.9. The van der Waals surface area contributed by atoms with Crippen molar-refractivity contribution in [3.05, 3.63) is 0 Å². The van der Waals surface area contributed by atoms with Crippen molar-refractivity contribution in [2.24, 2.45) is 5.92 Å². The van der Waals surface area contributed by atoms with E-state index in [2.05, 4.69) is 5.32 Å². The van der Waals surface area contributed by atoms with Gasteiger partial charge in [0.05, 0.1) is 0 Å². The predicted molar refractivity (Wildman–Crippen MR) is 89.1 cm³/mol. The number of piperidine rings is 1. The first kappa shape index (κ1) is 19.7. The molecule has 0 bridgehead atoms. The van der Waals surface area contributed by atoms with Crippen LogP contribution >= 0.6 is 0 Å². The Labute approximate surface area is 139 Å². The second-order valence-electron chi connectivity index (χ2n) is 7.20. The summed E-state index contributed by atoms with van der Waals surface area (Å²) in [6, 6.07) is 0.389. The zero-order valence-corrected chi connectivity index (χ0v) is 14.9. The highest BCUT2D eigenvalue weighted by atomic mass is 16.6. The van der Waals surface area contributed by atoms with Crippen molar-refractivity contribution in [2.45, 2.75) is 70.9 Å². The summed E-state index contributed by atoms with van der Waals surface area (Å²) in [5, 5.41) is 9.58. The molecule has 2 amide bonds. The molecule has 2 fully saturated rings. The molecule has 1 saturated heterocycles. The number of nitrogens with zero attached hydrogens (tertiary/aromatic N) is 1. The van der Waals surface area contributed by atoms with Gasteiger partial charge in [-0.1, -0.05) is 12.8 Å². The van der Waals surface area contributed by atoms with E-state index in [4.69, 9.17) is 9.84 Å². The van der Waals surface area contributed by atoms with Gasteiger partial charge in [-0.05, 0) is 52.4 Å². The van der Waals surface area contributed by atoms with Gasteiger partial charge < -0.3 is 20.1 Å². The molecule has 2 atom stereocenters. The lowest BCUT2D eigenvalue weighted by Gasteiger charge is -2.44. The third-order valence-electron chi connectivity index (χ3n) is 4.35. The highest BCUT2D eigenvalue weighted by Crippen LogP contribution is 2.35. The Balaban J connectivity index is 0.00000127. The number of alkyl carbamates (subject to hydrolysis) is 1. The maximum Gasteiger partial charge on any atom is 0.408 e. The van der Waals surface area contributed by atoms with Gasteiger partial charge in [-0.2, -0.15) is 0 Å². The fraction of sp³-hybridized carbons (Fsp3) is 0.882. The average Bonchev–Trinajstić information content (AvgIpc) is 2.52. The molecular weight excluding hydrogens is 296 g/mol. The molecule has 2 aliphatic rings. The molecule has 1 saturated carbocycles. The van der Waals surface area contributed by atoms with Gasteiger partial charge in [0.15, 0.2) is 0 Å². The Kier molecular flexibility index (Phi) is 7.82. The van der Waals surface area contributed by atoms with E-state index in [0.717, 1.165) is 26.5 Å². The monoisotopic (exact) mass is 328 g/mol. The molecular formula is C17H32N2O4. The maximum atomic E-state index is 12.4. The van der Waals surface area contributed by atoms with Crippen molar-refractivity contribution in [1.29, 1.82) is 0 Å². The molecule has 6 nitrogen and oxygen atoms in total. The Bertz CT molecular complexity index is 391. The van der Waals surface area contributed by atoms with Gasteiger partial charge in [0.25, 0.3) is 0 Å². The number of amides is 2. The molecule has 6 heteroatoms. The van der Waals surface area contributed by atoms with Gasteiger partial charge in [0.1, 0.15) is 12.1 Å². The largest absolute Gasteiger partial charge is 0.444 e. The highest BCUT2D eigenvalue weighted by molar-refractivity contribution is 5.82. The lowest BCUT2D eigenvalue weighted by atomic mass is 9.78. The molecule has 23 heavy (non-hydrogen) atoms. The summed E-state index contributed by atoms with van der Waals surface area (Å²) < 4.78 is 5.16. The number of hydrogen-bond donors (Lipinski definition) is 2. The minimum atomic E-state index is -0.535. The summed E-state index contributed by atoms with van der Waals surface area (Å²) in [6.45, 7) is 6.30. The molecule has 2 N–H and O–H groups in total. The summed E-state index contributed by atoms with van der Waals surface area (Å²) in [5.74, 6) is 0.690. The summed E-state index contributed by atoms with van der Waals surface area (Å²) in [6.07, 6.45) is 6.67. The van der Waals surface area contributed by atoms with Crippen LogP contribution < -0.4 is 5.32 Å². The third-order valence-corrected chi connectivity index (χ3v) is 4.35. The smallest absolute Gasteiger partial charge is 0.408 e. The molecule has 134 valence electrons. The lowest BCUT2D eigenvalue weighted by Crippen LogP contribution is -2.52. The average molecular weight is 328 g/mol. The third kappa shape index (κ3) is 6.37. The Morgan fingerprint density at radius 3 is 2.39 bits per heavy atom. The molecule has 2 rings (SSSR count). The van der Waals surface area contributed by atoms with Gasteiger partial charge in [-0.25, -0.2) is 4.79 Å². The molecule has 0 aromatic heterocycles. The Morgan fingerprint density at radius 2 is 1.74 bits per heavy atom. The number of ether oxygens (including phenoxy) is 1. The van der Waals surface area contributed by atoms with Crippen LogP contribution in [0, 0.1) is 5.92 Å². The molecule has 1 aliphatic carbocycles. The highest BCUT2D eigenvalue weighted by Gasteiger charge is 2.35. The van der Waals surface area contributed by atoms with E-state index in [1.807, 2.05) is 25.7 Å². The van der Waals surface area contributed by atoms with Crippen LogP contribution in [0.3, 0.4) is 0 Å². The van der Waals surface area contributed by atoms with Gasteiger partial charge >= 0.3 is 6.09 Å². The van der Waals surface area contributed by atoms with Crippen LogP contribution in [0.2, 0.25) is 0 Å². The number of hydrogen-bond acceptors (Lipinski definition) is 4. The van der Waals surface area contributed by atoms with Crippen molar-refractivity contribution in [1.82, 2.24) is 10.2 Å². The Hall–Kier alpha value is -1.30. The molecule has 1 unspecified atom stereocenters. The number of aliphatic hydroxyl groups excluding tert-OH is 1. The number of nitrogens with one attached hydrogen (secondary N) is 1. The van der Waals surface area contributed by atoms with Crippen LogP contribution in [-0.4, -0.2) is 53.8 Å². The van der Waals surface area contributed by atoms with Crippen LogP contribution in [-0.2, 0) is 9.53 Å². The van der Waals surface area contributed by atoms with Crippen LogP contribution in [0.15, 0.2) is 0 Å². The summed E-state index contributed by atoms with van der Waals surface area (Å²) >= 11 is 0. The van der Waals surface area contributed by atoms with E-state index in [-0.39, 0.29) is 12.5 Å². The number of fused-ring (bicyclic) bond motifs is 1. The van der Waals surface area contributed by atoms with E-state index < -0.39 is 11.7 Å². The number of aliphatic hydroxyl groups is 1. The Morgan fingerprint density at radius 1 is 1.13 bits per heavy atom. The number of carbonyl (C=O) groups is 2. The van der Waals surface area contributed by atoms with Crippen LogP contribution in [0.4, 0.5) is 4.79 Å². The van der Waals surface area contributed by atoms with Crippen LogP contribution in [0.1, 0.15) is 59.3 Å². The topological polar surface area (TPSA) is 78.9 Å². The standard InChI is InChI=1S/C16H28N2O3.CH4O/c1-16(2,3)21-15(20)17-11-14(19)18-10-6-8-12-7-4-5-9-13(12)18;1-2/h12-13H,4-11H2,1-3H3,(H,17,20);2H,1H3/t12?,13-;/m0./s1. The second-order valence-corrected chi connectivity index (χ2v) is 7.20. The van der Waals surface area contributed by atoms with Gasteiger partial charge in [-0.3, -0.25) is 4.79 Å². The molecule has 1 aliphatic heterocycles. The van der Waals surface area contributed by atoms with E-state index >= 15 is 0 Å². The minimum absolute atomic E-state index is 0.0254. The molecule has 0 spiro atoms. The number of carbonyl (C=O) groups excluding carboxylic acids is 2. The van der Waals surface area contributed by atoms with Crippen molar-refractivity contribution < 1.29 is 19.4 Å². The first-order valence-electron chi connectivity index (χ1n) is 8.58. The second kappa shape index (κ2) is 9.11. The molecule has 0 aromatic carbocycles. The van der Waals surface area contributed by atoms with Crippen molar-refractivity contribution >= 4 is 12.0 Å². The van der Waals surface area contributed by atoms with Crippen molar-refractivity contribution in [2.75, 3.05) is 20.2 Å². The fourth-order valence-electron chi connectivity index (χ4n) is 3.50. The molecule has 0 radical (unpaired) electrons. The minimum Gasteiger partial charge on any atom is -0.444 e. The van der Waals surface area contributed by atoms with Crippen LogP contribution in [0.5, 0.6) is 0 Å². The molecule has 0 aromatic rings. The summed E-state index contributed by atoms with van der Waals surface area (Å²) in [4.78, 5) is 26.0. The van der Waals surface area contributed by atoms with Crippen molar-refractivity contribution in [3.8, 4) is 0 Å². The zero-order chi connectivity index (χ0) is 17.5. The lowest BCUT2D eigenvalue weighted by molar-refractivity contribution is -0.136. The van der Waals surface area contributed by atoms with E-state index in [0.29, 0.717) is 12.0 Å². The number of rotatable bonds is 2. The van der Waals surface area contributed by atoms with Gasteiger partial charge in [0, 0.05) is 19.7 Å². The molecule has 1 heterocycles. The van der Waals surface area contributed by atoms with Crippen molar-refractivity contribution in [3.63, 3.8) is 0 Å². The summed E-state index contributed by atoms with van der Waals surface area (Å²) in [7, 11) is 1.00. The van der Waals surface area contributed by atoms with Gasteiger partial charge in [-0.15, -0.1) is 0 Å². The number of likely N-dealkylation sites (tertiary alicyclic amines) is 1.